The molecular weight excluding hydrogens is 239 g/mol. The number of carbonyl (C=O) groups is 1. The lowest BCUT2D eigenvalue weighted by atomic mass is 10.0. The number of hydrogen-bond donors (Lipinski definition) is 0. The zero-order chi connectivity index (χ0) is 13.8. The molecule has 0 unspecified atom stereocenters. The lowest BCUT2D eigenvalue weighted by Gasteiger charge is -2.02. The van der Waals surface area contributed by atoms with E-state index in [1.807, 2.05) is 32.0 Å². The summed E-state index contributed by atoms with van der Waals surface area (Å²) in [6, 6.07) is 11.8. The molecule has 0 aliphatic rings. The van der Waals surface area contributed by atoms with Gasteiger partial charge in [-0.25, -0.2) is 4.39 Å². The molecule has 0 aromatic heterocycles. The van der Waals surface area contributed by atoms with Gasteiger partial charge in [-0.1, -0.05) is 42.0 Å². The lowest BCUT2D eigenvalue weighted by molar-refractivity contribution is 0.104. The van der Waals surface area contributed by atoms with Gasteiger partial charge < -0.3 is 0 Å². The third-order valence-corrected chi connectivity index (χ3v) is 2.94. The van der Waals surface area contributed by atoms with Crippen molar-refractivity contribution in [3.63, 3.8) is 0 Å². The number of ketones is 1. The molecule has 0 N–H and O–H groups in total. The number of benzene rings is 2. The fourth-order valence-electron chi connectivity index (χ4n) is 1.93. The average Bonchev–Trinajstić information content (AvgIpc) is 2.37. The van der Waals surface area contributed by atoms with E-state index in [1.54, 1.807) is 18.2 Å². The Labute approximate surface area is 112 Å². The molecule has 1 nitrogen and oxygen atoms in total. The molecule has 0 aliphatic carbocycles. The fourth-order valence-corrected chi connectivity index (χ4v) is 1.93. The molecule has 0 saturated heterocycles. The third-order valence-electron chi connectivity index (χ3n) is 2.94. The minimum Gasteiger partial charge on any atom is -0.289 e. The average molecular weight is 254 g/mol. The van der Waals surface area contributed by atoms with E-state index in [-0.39, 0.29) is 11.6 Å². The van der Waals surface area contributed by atoms with Crippen LogP contribution in [0.3, 0.4) is 0 Å². The van der Waals surface area contributed by atoms with Gasteiger partial charge in [0.05, 0.1) is 0 Å². The minimum absolute atomic E-state index is 0.0400. The van der Waals surface area contributed by atoms with Gasteiger partial charge in [0, 0.05) is 5.56 Å². The predicted molar refractivity (Wildman–Crippen MR) is 75.7 cm³/mol. The molecule has 0 spiro atoms. The molecule has 0 atom stereocenters. The molecule has 2 aromatic rings. The van der Waals surface area contributed by atoms with Crippen LogP contribution in [0.5, 0.6) is 0 Å². The molecule has 2 rings (SSSR count). The van der Waals surface area contributed by atoms with Crippen LogP contribution in [-0.4, -0.2) is 5.78 Å². The summed E-state index contributed by atoms with van der Waals surface area (Å²) < 4.78 is 12.8. The van der Waals surface area contributed by atoms with Gasteiger partial charge >= 0.3 is 0 Å². The van der Waals surface area contributed by atoms with Crippen LogP contribution in [0.2, 0.25) is 0 Å². The van der Waals surface area contributed by atoms with E-state index in [1.165, 1.54) is 18.2 Å². The minimum atomic E-state index is -0.280. The Morgan fingerprint density at radius 2 is 1.74 bits per heavy atom. The predicted octanol–water partition coefficient (Wildman–Crippen LogP) is 4.34. The number of hydrogen-bond acceptors (Lipinski definition) is 1. The molecule has 19 heavy (non-hydrogen) atoms. The van der Waals surface area contributed by atoms with E-state index in [4.69, 9.17) is 0 Å². The first kappa shape index (κ1) is 13.2. The fraction of sp³-hybridized carbons (Fsp3) is 0.118. The number of aryl methyl sites for hydroxylation is 2. The number of carbonyl (C=O) groups excluding carboxylic acids is 1. The maximum absolute atomic E-state index is 12.8. The highest BCUT2D eigenvalue weighted by molar-refractivity contribution is 6.07. The van der Waals surface area contributed by atoms with Crippen LogP contribution in [0.25, 0.3) is 6.08 Å². The number of halogens is 1. The molecule has 0 heterocycles. The van der Waals surface area contributed by atoms with Crippen LogP contribution in [0.15, 0.2) is 48.5 Å². The second-order valence-corrected chi connectivity index (χ2v) is 4.57. The van der Waals surface area contributed by atoms with Gasteiger partial charge in [-0.05, 0) is 43.2 Å². The van der Waals surface area contributed by atoms with Crippen LogP contribution in [0.1, 0.15) is 27.0 Å². The van der Waals surface area contributed by atoms with E-state index in [9.17, 15) is 9.18 Å². The van der Waals surface area contributed by atoms with Gasteiger partial charge in [0.1, 0.15) is 5.82 Å². The second-order valence-electron chi connectivity index (χ2n) is 4.57. The molecule has 0 amide bonds. The van der Waals surface area contributed by atoms with Gasteiger partial charge in [0.15, 0.2) is 5.78 Å². The highest BCUT2D eigenvalue weighted by Crippen LogP contribution is 2.13. The Morgan fingerprint density at radius 1 is 1.05 bits per heavy atom. The first-order valence-electron chi connectivity index (χ1n) is 6.11. The highest BCUT2D eigenvalue weighted by Gasteiger charge is 2.05. The van der Waals surface area contributed by atoms with Gasteiger partial charge in [-0.3, -0.25) is 4.79 Å². The molecule has 0 radical (unpaired) electrons. The molecule has 96 valence electrons. The van der Waals surface area contributed by atoms with Gasteiger partial charge in [0.25, 0.3) is 0 Å². The Morgan fingerprint density at radius 3 is 2.37 bits per heavy atom. The van der Waals surface area contributed by atoms with Crippen molar-refractivity contribution in [2.24, 2.45) is 0 Å². The zero-order valence-electron chi connectivity index (χ0n) is 11.0. The molecule has 0 fully saturated rings. The van der Waals surface area contributed by atoms with Crippen molar-refractivity contribution in [2.75, 3.05) is 0 Å². The Balaban J connectivity index is 2.18. The highest BCUT2D eigenvalue weighted by atomic mass is 19.1. The SMILES string of the molecule is Cc1ccc(C(=O)C=Cc2ccc(F)cc2)c(C)c1. The first-order valence-corrected chi connectivity index (χ1v) is 6.11. The maximum Gasteiger partial charge on any atom is 0.186 e. The van der Waals surface area contributed by atoms with Crippen LogP contribution < -0.4 is 0 Å². The van der Waals surface area contributed by atoms with Gasteiger partial charge in [0.2, 0.25) is 0 Å². The standard InChI is InChI=1S/C17H15FO/c1-12-3-9-16(13(2)11-12)17(19)10-6-14-4-7-15(18)8-5-14/h3-11H,1-2H3. The molecule has 0 aliphatic heterocycles. The monoisotopic (exact) mass is 254 g/mol. The van der Waals surface area contributed by atoms with E-state index >= 15 is 0 Å². The molecular formula is C17H15FO. The van der Waals surface area contributed by atoms with Crippen molar-refractivity contribution in [1.82, 2.24) is 0 Å². The first-order chi connectivity index (χ1) is 9.06. The third kappa shape index (κ3) is 3.38. The Hall–Kier alpha value is -2.22. The Kier molecular flexibility index (Phi) is 3.91. The molecule has 0 bridgehead atoms. The van der Waals surface area contributed by atoms with Crippen LogP contribution in [0.4, 0.5) is 4.39 Å². The summed E-state index contributed by atoms with van der Waals surface area (Å²) in [4.78, 5) is 12.1. The summed E-state index contributed by atoms with van der Waals surface area (Å²) in [6.45, 7) is 3.92. The van der Waals surface area contributed by atoms with Crippen LogP contribution in [-0.2, 0) is 0 Å². The Bertz CT molecular complexity index is 624. The van der Waals surface area contributed by atoms with Crippen molar-refractivity contribution < 1.29 is 9.18 Å². The smallest absolute Gasteiger partial charge is 0.186 e. The van der Waals surface area contributed by atoms with Crippen molar-refractivity contribution in [3.8, 4) is 0 Å². The summed E-state index contributed by atoms with van der Waals surface area (Å²) in [5.41, 5.74) is 3.61. The van der Waals surface area contributed by atoms with Gasteiger partial charge in [-0.2, -0.15) is 0 Å². The second kappa shape index (κ2) is 5.61. The summed E-state index contributed by atoms with van der Waals surface area (Å²) in [6.07, 6.45) is 3.21. The zero-order valence-corrected chi connectivity index (χ0v) is 11.0. The van der Waals surface area contributed by atoms with E-state index < -0.39 is 0 Å². The quantitative estimate of drug-likeness (QED) is 0.588. The van der Waals surface area contributed by atoms with Crippen molar-refractivity contribution in [2.45, 2.75) is 13.8 Å². The summed E-state index contributed by atoms with van der Waals surface area (Å²) in [5.74, 6) is -0.320. The van der Waals surface area contributed by atoms with E-state index in [0.717, 1.165) is 16.7 Å². The van der Waals surface area contributed by atoms with E-state index in [2.05, 4.69) is 0 Å². The molecule has 2 aromatic carbocycles. The number of allylic oxidation sites excluding steroid dienone is 1. The maximum atomic E-state index is 12.8. The van der Waals surface area contributed by atoms with Gasteiger partial charge in [-0.15, -0.1) is 0 Å². The summed E-state index contributed by atoms with van der Waals surface area (Å²) >= 11 is 0. The summed E-state index contributed by atoms with van der Waals surface area (Å²) in [5, 5.41) is 0. The number of rotatable bonds is 3. The van der Waals surface area contributed by atoms with E-state index in [0.29, 0.717) is 5.56 Å². The van der Waals surface area contributed by atoms with Crippen molar-refractivity contribution >= 4 is 11.9 Å². The lowest BCUT2D eigenvalue weighted by Crippen LogP contribution is -1.97. The molecule has 0 saturated carbocycles. The van der Waals surface area contributed by atoms with Crippen molar-refractivity contribution in [1.29, 1.82) is 0 Å². The van der Waals surface area contributed by atoms with Crippen LogP contribution in [0, 0.1) is 19.7 Å². The molecule has 2 heteroatoms. The topological polar surface area (TPSA) is 17.1 Å². The van der Waals surface area contributed by atoms with Crippen LogP contribution >= 0.6 is 0 Å². The summed E-state index contributed by atoms with van der Waals surface area (Å²) in [7, 11) is 0. The van der Waals surface area contributed by atoms with Crippen molar-refractivity contribution in [3.05, 3.63) is 76.6 Å². The normalized spacial score (nSPS) is 10.9. The largest absolute Gasteiger partial charge is 0.289 e.